The van der Waals surface area contributed by atoms with Crippen molar-refractivity contribution in [2.75, 3.05) is 13.2 Å². The predicted octanol–water partition coefficient (Wildman–Crippen LogP) is 2.24. The highest BCUT2D eigenvalue weighted by Crippen LogP contribution is 2.30. The number of fused-ring (bicyclic) bond motifs is 1. The molecule has 0 aliphatic carbocycles. The number of H-pyrrole nitrogens is 1. The highest BCUT2D eigenvalue weighted by Gasteiger charge is 2.23. The van der Waals surface area contributed by atoms with E-state index in [1.807, 2.05) is 18.3 Å². The van der Waals surface area contributed by atoms with Crippen molar-refractivity contribution in [3.8, 4) is 5.75 Å². The molecule has 100 valence electrons. The van der Waals surface area contributed by atoms with Gasteiger partial charge in [0.1, 0.15) is 11.6 Å². The van der Waals surface area contributed by atoms with E-state index in [2.05, 4.69) is 34.3 Å². The van der Waals surface area contributed by atoms with Crippen LogP contribution in [0.4, 0.5) is 0 Å². The summed E-state index contributed by atoms with van der Waals surface area (Å²) in [7, 11) is 0. The molecular formula is C15H19N3O. The average molecular weight is 257 g/mol. The highest BCUT2D eigenvalue weighted by molar-refractivity contribution is 5.36. The van der Waals surface area contributed by atoms with Crippen LogP contribution in [0, 0.1) is 0 Å². The minimum Gasteiger partial charge on any atom is -0.493 e. The minimum absolute atomic E-state index is 0.324. The van der Waals surface area contributed by atoms with Crippen LogP contribution < -0.4 is 10.1 Å². The molecule has 0 spiro atoms. The molecule has 1 aromatic carbocycles. The number of benzene rings is 1. The molecular weight excluding hydrogens is 238 g/mol. The molecule has 1 atom stereocenters. The Labute approximate surface area is 113 Å². The lowest BCUT2D eigenvalue weighted by atomic mass is 9.96. The van der Waals surface area contributed by atoms with Gasteiger partial charge in [0.05, 0.1) is 12.5 Å². The van der Waals surface area contributed by atoms with Gasteiger partial charge in [-0.2, -0.15) is 0 Å². The van der Waals surface area contributed by atoms with Gasteiger partial charge in [-0.05, 0) is 24.6 Å². The highest BCUT2D eigenvalue weighted by atomic mass is 16.5. The number of hydrogen-bond donors (Lipinski definition) is 2. The zero-order valence-corrected chi connectivity index (χ0v) is 11.1. The summed E-state index contributed by atoms with van der Waals surface area (Å²) < 4.78 is 5.81. The molecule has 0 fully saturated rings. The van der Waals surface area contributed by atoms with Gasteiger partial charge in [-0.15, -0.1) is 0 Å². The van der Waals surface area contributed by atoms with Crippen molar-refractivity contribution in [3.63, 3.8) is 0 Å². The molecule has 0 bridgehead atoms. The molecule has 1 aromatic heterocycles. The van der Waals surface area contributed by atoms with E-state index in [1.54, 1.807) is 0 Å². The number of aromatic amines is 1. The van der Waals surface area contributed by atoms with Gasteiger partial charge in [0.25, 0.3) is 0 Å². The van der Waals surface area contributed by atoms with Crippen molar-refractivity contribution in [2.45, 2.75) is 25.8 Å². The van der Waals surface area contributed by atoms with Gasteiger partial charge in [-0.25, -0.2) is 4.98 Å². The van der Waals surface area contributed by atoms with Crippen molar-refractivity contribution in [1.82, 2.24) is 15.3 Å². The number of hydrogen-bond acceptors (Lipinski definition) is 3. The Morgan fingerprint density at radius 2 is 2.32 bits per heavy atom. The van der Waals surface area contributed by atoms with Crippen molar-refractivity contribution in [2.24, 2.45) is 0 Å². The summed E-state index contributed by atoms with van der Waals surface area (Å²) in [6.45, 7) is 4.61. The van der Waals surface area contributed by atoms with Crippen LogP contribution in [0.2, 0.25) is 0 Å². The average Bonchev–Trinajstić information content (AvgIpc) is 2.93. The monoisotopic (exact) mass is 257 g/mol. The lowest BCUT2D eigenvalue weighted by Crippen LogP contribution is -2.20. The summed E-state index contributed by atoms with van der Waals surface area (Å²) in [6.07, 6.45) is 2.91. The van der Waals surface area contributed by atoms with Crippen molar-refractivity contribution in [3.05, 3.63) is 47.5 Å². The normalized spacial score (nSPS) is 17.8. The Hall–Kier alpha value is -1.81. The smallest absolute Gasteiger partial charge is 0.122 e. The molecule has 1 unspecified atom stereocenters. The Bertz CT molecular complexity index is 550. The molecule has 4 nitrogen and oxygen atoms in total. The fraction of sp³-hybridized carbons (Fsp3) is 0.400. The zero-order valence-electron chi connectivity index (χ0n) is 11.1. The van der Waals surface area contributed by atoms with E-state index in [4.69, 9.17) is 4.74 Å². The summed E-state index contributed by atoms with van der Waals surface area (Å²) in [5, 5.41) is 3.29. The first kappa shape index (κ1) is 12.2. The maximum atomic E-state index is 5.81. The second kappa shape index (κ2) is 5.45. The van der Waals surface area contributed by atoms with Crippen LogP contribution in [0.3, 0.4) is 0 Å². The van der Waals surface area contributed by atoms with Gasteiger partial charge in [0, 0.05) is 18.4 Å². The van der Waals surface area contributed by atoms with Gasteiger partial charge in [0.2, 0.25) is 0 Å². The van der Waals surface area contributed by atoms with E-state index in [9.17, 15) is 0 Å². The first-order valence-corrected chi connectivity index (χ1v) is 6.82. The molecule has 0 radical (unpaired) electrons. The first-order chi connectivity index (χ1) is 9.36. The Morgan fingerprint density at radius 3 is 3.21 bits per heavy atom. The number of nitrogens with zero attached hydrogens (tertiary/aromatic N) is 1. The lowest BCUT2D eigenvalue weighted by Gasteiger charge is -2.23. The molecule has 0 amide bonds. The summed E-state index contributed by atoms with van der Waals surface area (Å²) in [5.74, 6) is 2.37. The van der Waals surface area contributed by atoms with Gasteiger partial charge in [0.15, 0.2) is 0 Å². The maximum Gasteiger partial charge on any atom is 0.122 e. The lowest BCUT2D eigenvalue weighted by molar-refractivity contribution is 0.258. The molecule has 2 heterocycles. The van der Waals surface area contributed by atoms with E-state index < -0.39 is 0 Å². The molecule has 2 aromatic rings. The van der Waals surface area contributed by atoms with E-state index in [0.29, 0.717) is 12.5 Å². The number of ether oxygens (including phenoxy) is 1. The SMILES string of the molecule is CCNCc1cnc(C2COc3ccccc3C2)[nH]1. The second-order valence-corrected chi connectivity index (χ2v) is 4.89. The largest absolute Gasteiger partial charge is 0.493 e. The number of aromatic nitrogens is 2. The summed E-state index contributed by atoms with van der Waals surface area (Å²) in [5.41, 5.74) is 2.40. The summed E-state index contributed by atoms with van der Waals surface area (Å²) in [6, 6.07) is 8.23. The zero-order chi connectivity index (χ0) is 13.1. The third-order valence-electron chi connectivity index (χ3n) is 3.48. The van der Waals surface area contributed by atoms with E-state index >= 15 is 0 Å². The van der Waals surface area contributed by atoms with Crippen LogP contribution in [-0.2, 0) is 13.0 Å². The molecule has 19 heavy (non-hydrogen) atoms. The van der Waals surface area contributed by atoms with Crippen LogP contribution in [0.1, 0.15) is 29.9 Å². The van der Waals surface area contributed by atoms with Gasteiger partial charge in [-0.1, -0.05) is 25.1 Å². The standard InChI is InChI=1S/C15H19N3O/c1-2-16-8-13-9-17-15(18-13)12-7-11-5-3-4-6-14(11)19-10-12/h3-6,9,12,16H,2,7-8,10H2,1H3,(H,17,18). The Balaban J connectivity index is 1.72. The third kappa shape index (κ3) is 2.63. The molecule has 1 aliphatic rings. The Kier molecular flexibility index (Phi) is 3.51. The van der Waals surface area contributed by atoms with Crippen molar-refractivity contribution in [1.29, 1.82) is 0 Å². The predicted molar refractivity (Wildman–Crippen MR) is 74.4 cm³/mol. The van der Waals surface area contributed by atoms with Crippen LogP contribution in [0.25, 0.3) is 0 Å². The first-order valence-electron chi connectivity index (χ1n) is 6.82. The van der Waals surface area contributed by atoms with Crippen LogP contribution in [0.5, 0.6) is 5.75 Å². The number of rotatable bonds is 4. The fourth-order valence-corrected chi connectivity index (χ4v) is 2.44. The molecule has 4 heteroatoms. The third-order valence-corrected chi connectivity index (χ3v) is 3.48. The molecule has 0 saturated heterocycles. The number of para-hydroxylation sites is 1. The molecule has 1 aliphatic heterocycles. The van der Waals surface area contributed by atoms with Crippen LogP contribution >= 0.6 is 0 Å². The van der Waals surface area contributed by atoms with Crippen molar-refractivity contribution < 1.29 is 4.74 Å². The number of nitrogens with one attached hydrogen (secondary N) is 2. The van der Waals surface area contributed by atoms with E-state index in [1.165, 1.54) is 5.56 Å². The summed E-state index contributed by atoms with van der Waals surface area (Å²) in [4.78, 5) is 7.89. The van der Waals surface area contributed by atoms with E-state index in [0.717, 1.165) is 36.8 Å². The maximum absolute atomic E-state index is 5.81. The molecule has 3 rings (SSSR count). The van der Waals surface area contributed by atoms with Gasteiger partial charge in [-0.3, -0.25) is 0 Å². The minimum atomic E-state index is 0.324. The van der Waals surface area contributed by atoms with Gasteiger partial charge < -0.3 is 15.0 Å². The van der Waals surface area contributed by atoms with Crippen LogP contribution in [0.15, 0.2) is 30.5 Å². The molecule has 0 saturated carbocycles. The van der Waals surface area contributed by atoms with Crippen molar-refractivity contribution >= 4 is 0 Å². The second-order valence-electron chi connectivity index (χ2n) is 4.89. The van der Waals surface area contributed by atoms with E-state index in [-0.39, 0.29) is 0 Å². The Morgan fingerprint density at radius 1 is 1.42 bits per heavy atom. The quantitative estimate of drug-likeness (QED) is 0.883. The van der Waals surface area contributed by atoms with Crippen LogP contribution in [-0.4, -0.2) is 23.1 Å². The fourth-order valence-electron chi connectivity index (χ4n) is 2.44. The topological polar surface area (TPSA) is 49.9 Å². The summed E-state index contributed by atoms with van der Waals surface area (Å²) >= 11 is 0. The van der Waals surface area contributed by atoms with Gasteiger partial charge >= 0.3 is 0 Å². The number of imidazole rings is 1. The molecule has 2 N–H and O–H groups in total.